The molecule has 0 aliphatic carbocycles. The van der Waals surface area contributed by atoms with Gasteiger partial charge in [-0.2, -0.15) is 0 Å². The zero-order valence-electron chi connectivity index (χ0n) is 8.49. The van der Waals surface area contributed by atoms with Crippen LogP contribution in [0.2, 0.25) is 0 Å². The van der Waals surface area contributed by atoms with Gasteiger partial charge < -0.3 is 10.3 Å². The molecule has 0 spiro atoms. The molecular formula is C10H8F3N3S. The predicted octanol–water partition coefficient (Wildman–Crippen LogP) is 2.22. The number of aromatic nitrogens is 2. The Bertz CT molecular complexity index is 568. The summed E-state index contributed by atoms with van der Waals surface area (Å²) in [6.07, 6.45) is 2.90. The van der Waals surface area contributed by atoms with Gasteiger partial charge >= 0.3 is 0 Å². The fourth-order valence-corrected chi connectivity index (χ4v) is 1.62. The molecule has 17 heavy (non-hydrogen) atoms. The van der Waals surface area contributed by atoms with Gasteiger partial charge in [-0.3, -0.25) is 0 Å². The first-order valence-electron chi connectivity index (χ1n) is 4.62. The molecule has 1 aromatic heterocycles. The number of anilines is 1. The lowest BCUT2D eigenvalue weighted by molar-refractivity contribution is 0.475. The largest absolute Gasteiger partial charge is 0.396 e. The SMILES string of the molecule is Nc1cc(F)c(Cn2ccnc2S)c(F)c1F. The maximum absolute atomic E-state index is 13.5. The highest BCUT2D eigenvalue weighted by Gasteiger charge is 2.18. The van der Waals surface area contributed by atoms with E-state index in [2.05, 4.69) is 17.6 Å². The molecule has 2 N–H and O–H groups in total. The van der Waals surface area contributed by atoms with E-state index in [1.807, 2.05) is 0 Å². The van der Waals surface area contributed by atoms with E-state index in [4.69, 9.17) is 5.73 Å². The average molecular weight is 259 g/mol. The first-order valence-corrected chi connectivity index (χ1v) is 5.07. The first-order chi connectivity index (χ1) is 8.00. The van der Waals surface area contributed by atoms with Crippen molar-refractivity contribution in [2.75, 3.05) is 5.73 Å². The Kier molecular flexibility index (Phi) is 3.01. The second-order valence-electron chi connectivity index (χ2n) is 3.41. The number of halogens is 3. The van der Waals surface area contributed by atoms with E-state index < -0.39 is 28.7 Å². The molecule has 1 aromatic carbocycles. The Morgan fingerprint density at radius 1 is 1.29 bits per heavy atom. The third-order valence-electron chi connectivity index (χ3n) is 2.30. The van der Waals surface area contributed by atoms with Crippen LogP contribution in [0.3, 0.4) is 0 Å². The van der Waals surface area contributed by atoms with Crippen LogP contribution in [0.15, 0.2) is 23.6 Å². The Labute approximate surface area is 100 Å². The van der Waals surface area contributed by atoms with Crippen molar-refractivity contribution in [3.8, 4) is 0 Å². The lowest BCUT2D eigenvalue weighted by atomic mass is 10.1. The van der Waals surface area contributed by atoms with E-state index in [-0.39, 0.29) is 11.7 Å². The van der Waals surface area contributed by atoms with Gasteiger partial charge in [-0.1, -0.05) is 0 Å². The molecule has 0 aliphatic rings. The lowest BCUT2D eigenvalue weighted by Crippen LogP contribution is -2.08. The van der Waals surface area contributed by atoms with Crippen LogP contribution in [0, 0.1) is 17.5 Å². The highest BCUT2D eigenvalue weighted by molar-refractivity contribution is 7.80. The fraction of sp³-hybridized carbons (Fsp3) is 0.100. The molecule has 0 radical (unpaired) electrons. The lowest BCUT2D eigenvalue weighted by Gasteiger charge is -2.09. The number of imidazole rings is 1. The third-order valence-corrected chi connectivity index (χ3v) is 2.68. The van der Waals surface area contributed by atoms with Gasteiger partial charge in [0.15, 0.2) is 16.8 Å². The van der Waals surface area contributed by atoms with Gasteiger partial charge in [0.05, 0.1) is 12.2 Å². The number of nitrogens with two attached hydrogens (primary N) is 1. The molecule has 0 fully saturated rings. The van der Waals surface area contributed by atoms with Gasteiger partial charge in [-0.25, -0.2) is 18.2 Å². The van der Waals surface area contributed by atoms with Gasteiger partial charge in [0.25, 0.3) is 0 Å². The number of nitrogen functional groups attached to an aromatic ring is 1. The van der Waals surface area contributed by atoms with Crippen molar-refractivity contribution in [2.24, 2.45) is 0 Å². The van der Waals surface area contributed by atoms with Crippen molar-refractivity contribution in [2.45, 2.75) is 11.7 Å². The summed E-state index contributed by atoms with van der Waals surface area (Å²) in [6, 6.07) is 0.753. The monoisotopic (exact) mass is 259 g/mol. The average Bonchev–Trinajstić information content (AvgIpc) is 2.67. The molecule has 7 heteroatoms. The summed E-state index contributed by atoms with van der Waals surface area (Å²) in [7, 11) is 0. The molecule has 0 unspecified atom stereocenters. The summed E-state index contributed by atoms with van der Waals surface area (Å²) >= 11 is 3.98. The Balaban J connectivity index is 2.47. The number of nitrogens with zero attached hydrogens (tertiary/aromatic N) is 2. The smallest absolute Gasteiger partial charge is 0.182 e. The summed E-state index contributed by atoms with van der Waals surface area (Å²) < 4.78 is 41.5. The maximum Gasteiger partial charge on any atom is 0.182 e. The Morgan fingerprint density at radius 2 is 2.00 bits per heavy atom. The second kappa shape index (κ2) is 4.33. The van der Waals surface area contributed by atoms with Gasteiger partial charge in [-0.15, -0.1) is 12.6 Å². The summed E-state index contributed by atoms with van der Waals surface area (Å²) in [5.74, 6) is -3.44. The molecule has 0 saturated carbocycles. The van der Waals surface area contributed by atoms with Gasteiger partial charge in [0.1, 0.15) is 5.82 Å². The van der Waals surface area contributed by atoms with Crippen LogP contribution in [0.1, 0.15) is 5.56 Å². The van der Waals surface area contributed by atoms with Crippen molar-refractivity contribution in [1.82, 2.24) is 9.55 Å². The van der Waals surface area contributed by atoms with Crippen LogP contribution in [-0.4, -0.2) is 9.55 Å². The molecule has 0 atom stereocenters. The van der Waals surface area contributed by atoms with Crippen LogP contribution in [0.4, 0.5) is 18.9 Å². The standard InChI is InChI=1S/C10H8F3N3S/c11-6-3-7(14)9(13)8(12)5(6)4-16-2-1-15-10(16)17/h1-3H,4,14H2,(H,15,17). The van der Waals surface area contributed by atoms with E-state index in [1.54, 1.807) is 0 Å². The zero-order chi connectivity index (χ0) is 12.6. The number of benzene rings is 1. The van der Waals surface area contributed by atoms with E-state index in [1.165, 1.54) is 17.0 Å². The quantitative estimate of drug-likeness (QED) is 0.493. The minimum Gasteiger partial charge on any atom is -0.396 e. The van der Waals surface area contributed by atoms with Crippen molar-refractivity contribution in [1.29, 1.82) is 0 Å². The van der Waals surface area contributed by atoms with Crippen LogP contribution in [0.5, 0.6) is 0 Å². The van der Waals surface area contributed by atoms with Crippen molar-refractivity contribution < 1.29 is 13.2 Å². The minimum absolute atomic E-state index is 0.201. The van der Waals surface area contributed by atoms with Crippen LogP contribution < -0.4 is 5.73 Å². The maximum atomic E-state index is 13.5. The van der Waals surface area contributed by atoms with E-state index in [9.17, 15) is 13.2 Å². The minimum atomic E-state index is -1.29. The normalized spacial score (nSPS) is 10.8. The Hall–Kier alpha value is -1.63. The fourth-order valence-electron chi connectivity index (χ4n) is 1.41. The molecule has 0 saturated heterocycles. The second-order valence-corrected chi connectivity index (χ2v) is 3.81. The molecular weight excluding hydrogens is 251 g/mol. The molecule has 0 aliphatic heterocycles. The predicted molar refractivity (Wildman–Crippen MR) is 59.3 cm³/mol. The van der Waals surface area contributed by atoms with Crippen molar-refractivity contribution in [3.63, 3.8) is 0 Å². The van der Waals surface area contributed by atoms with Gasteiger partial charge in [0.2, 0.25) is 0 Å². The highest BCUT2D eigenvalue weighted by Crippen LogP contribution is 2.23. The molecule has 3 nitrogen and oxygen atoms in total. The van der Waals surface area contributed by atoms with Crippen LogP contribution >= 0.6 is 12.6 Å². The van der Waals surface area contributed by atoms with E-state index in [0.717, 1.165) is 6.07 Å². The van der Waals surface area contributed by atoms with E-state index >= 15 is 0 Å². The molecule has 0 bridgehead atoms. The number of rotatable bonds is 2. The highest BCUT2D eigenvalue weighted by atomic mass is 32.1. The topological polar surface area (TPSA) is 43.8 Å². The Morgan fingerprint density at radius 3 is 2.59 bits per heavy atom. The number of thiol groups is 1. The van der Waals surface area contributed by atoms with Gasteiger partial charge in [0, 0.05) is 24.0 Å². The van der Waals surface area contributed by atoms with Gasteiger partial charge in [-0.05, 0) is 0 Å². The summed E-state index contributed by atoms with van der Waals surface area (Å²) in [4.78, 5) is 3.78. The van der Waals surface area contributed by atoms with E-state index in [0.29, 0.717) is 0 Å². The van der Waals surface area contributed by atoms with Crippen molar-refractivity contribution >= 4 is 18.3 Å². The first kappa shape index (κ1) is 11.8. The number of hydrogen-bond acceptors (Lipinski definition) is 3. The summed E-state index contributed by atoms with van der Waals surface area (Å²) in [5, 5.41) is 0.279. The zero-order valence-corrected chi connectivity index (χ0v) is 9.39. The third kappa shape index (κ3) is 2.10. The summed E-state index contributed by atoms with van der Waals surface area (Å²) in [6.45, 7) is -0.201. The number of hydrogen-bond donors (Lipinski definition) is 2. The van der Waals surface area contributed by atoms with Crippen molar-refractivity contribution in [3.05, 3.63) is 41.5 Å². The van der Waals surface area contributed by atoms with Crippen LogP contribution in [0.25, 0.3) is 0 Å². The summed E-state index contributed by atoms with van der Waals surface area (Å²) in [5.41, 5.74) is 4.14. The molecule has 2 rings (SSSR count). The molecule has 90 valence electrons. The molecule has 2 aromatic rings. The molecule has 0 amide bonds. The van der Waals surface area contributed by atoms with Crippen LogP contribution in [-0.2, 0) is 6.54 Å². The molecule has 1 heterocycles.